The van der Waals surface area contributed by atoms with Gasteiger partial charge in [0.15, 0.2) is 5.89 Å². The number of anilines is 1. The van der Waals surface area contributed by atoms with Crippen molar-refractivity contribution >= 4 is 17.2 Å². The first-order chi connectivity index (χ1) is 10.8. The molecule has 1 fully saturated rings. The Labute approximate surface area is 133 Å². The first kappa shape index (κ1) is 15.0. The summed E-state index contributed by atoms with van der Waals surface area (Å²) >= 11 is 1.74. The summed E-state index contributed by atoms with van der Waals surface area (Å²) in [4.78, 5) is 7.76. The van der Waals surface area contributed by atoms with Crippen LogP contribution in [-0.2, 0) is 4.74 Å². The normalized spacial score (nSPS) is 17.1. The predicted molar refractivity (Wildman–Crippen MR) is 83.9 cm³/mol. The first-order valence-electron chi connectivity index (χ1n) is 7.24. The third-order valence-corrected chi connectivity index (χ3v) is 4.63. The maximum Gasteiger partial charge on any atom is 0.232 e. The van der Waals surface area contributed by atoms with Crippen molar-refractivity contribution in [1.29, 1.82) is 5.26 Å². The predicted octanol–water partition coefficient (Wildman–Crippen LogP) is 2.40. The fraction of sp³-hybridized carbons (Fsp3) is 0.467. The van der Waals surface area contributed by atoms with Gasteiger partial charge in [-0.15, -0.1) is 11.3 Å². The minimum absolute atomic E-state index is 0.237. The molecule has 0 radical (unpaired) electrons. The molecule has 3 heterocycles. The zero-order valence-corrected chi connectivity index (χ0v) is 13.2. The van der Waals surface area contributed by atoms with E-state index in [1.807, 2.05) is 0 Å². The third kappa shape index (κ3) is 3.30. The van der Waals surface area contributed by atoms with Crippen molar-refractivity contribution in [3.63, 3.8) is 0 Å². The van der Waals surface area contributed by atoms with E-state index >= 15 is 0 Å². The van der Waals surface area contributed by atoms with Crippen LogP contribution in [0.2, 0.25) is 0 Å². The molecule has 1 aliphatic heterocycles. The van der Waals surface area contributed by atoms with Gasteiger partial charge in [-0.05, 0) is 11.4 Å². The number of aromatic nitrogens is 1. The quantitative estimate of drug-likeness (QED) is 0.912. The van der Waals surface area contributed by atoms with Crippen LogP contribution in [0.3, 0.4) is 0 Å². The molecule has 0 saturated carbocycles. The topological polar surface area (TPSA) is 74.3 Å². The van der Waals surface area contributed by atoms with Crippen LogP contribution in [0, 0.1) is 18.3 Å². The Balaban J connectivity index is 1.74. The standard InChI is InChI=1S/C15H18N4O2S/c1-11-18-12(9-16)15(21-11)17-10-13(14-3-2-8-22-14)19-4-6-20-7-5-19/h2-3,8,13,17H,4-7,10H2,1H3/t13-/m1/s1. The third-order valence-electron chi connectivity index (χ3n) is 3.65. The van der Waals surface area contributed by atoms with E-state index in [-0.39, 0.29) is 6.04 Å². The molecule has 0 aromatic carbocycles. The zero-order chi connectivity index (χ0) is 15.4. The molecular weight excluding hydrogens is 300 g/mol. The summed E-state index contributed by atoms with van der Waals surface area (Å²) in [6.45, 7) is 5.74. The highest BCUT2D eigenvalue weighted by Gasteiger charge is 2.24. The maximum atomic E-state index is 9.09. The molecule has 2 aromatic heterocycles. The summed E-state index contributed by atoms with van der Waals surface area (Å²) < 4.78 is 10.9. The first-order valence-corrected chi connectivity index (χ1v) is 8.12. The highest BCUT2D eigenvalue weighted by Crippen LogP contribution is 2.27. The molecule has 116 valence electrons. The molecule has 7 heteroatoms. The van der Waals surface area contributed by atoms with Gasteiger partial charge in [0.1, 0.15) is 6.07 Å². The Bertz CT molecular complexity index is 641. The Morgan fingerprint density at radius 3 is 3.00 bits per heavy atom. The van der Waals surface area contributed by atoms with Gasteiger partial charge in [-0.2, -0.15) is 5.26 Å². The number of ether oxygens (including phenoxy) is 1. The lowest BCUT2D eigenvalue weighted by Gasteiger charge is -2.34. The molecule has 22 heavy (non-hydrogen) atoms. The highest BCUT2D eigenvalue weighted by molar-refractivity contribution is 7.10. The molecular formula is C15H18N4O2S. The lowest BCUT2D eigenvalue weighted by Crippen LogP contribution is -2.41. The van der Waals surface area contributed by atoms with Crippen LogP contribution < -0.4 is 5.32 Å². The van der Waals surface area contributed by atoms with E-state index < -0.39 is 0 Å². The summed E-state index contributed by atoms with van der Waals surface area (Å²) in [6.07, 6.45) is 0. The Hall–Kier alpha value is -1.88. The van der Waals surface area contributed by atoms with Crippen molar-refractivity contribution in [2.24, 2.45) is 0 Å². The number of oxazole rings is 1. The maximum absolute atomic E-state index is 9.09. The van der Waals surface area contributed by atoms with Crippen LogP contribution in [0.4, 0.5) is 5.88 Å². The summed E-state index contributed by atoms with van der Waals surface area (Å²) in [7, 11) is 0. The van der Waals surface area contributed by atoms with E-state index in [0.717, 1.165) is 26.3 Å². The van der Waals surface area contributed by atoms with Crippen molar-refractivity contribution in [3.8, 4) is 6.07 Å². The number of thiophene rings is 1. The van der Waals surface area contributed by atoms with Gasteiger partial charge >= 0.3 is 0 Å². The van der Waals surface area contributed by atoms with Crippen LogP contribution in [-0.4, -0.2) is 42.7 Å². The van der Waals surface area contributed by atoms with Gasteiger partial charge in [-0.25, -0.2) is 4.98 Å². The SMILES string of the molecule is Cc1nc(C#N)c(NC[C@H](c2cccs2)N2CCOCC2)o1. The van der Waals surface area contributed by atoms with Crippen LogP contribution in [0.25, 0.3) is 0 Å². The van der Waals surface area contributed by atoms with Gasteiger partial charge in [-0.1, -0.05) is 6.07 Å². The average molecular weight is 318 g/mol. The van der Waals surface area contributed by atoms with E-state index in [4.69, 9.17) is 14.4 Å². The van der Waals surface area contributed by atoms with Crippen molar-refractivity contribution in [3.05, 3.63) is 34.0 Å². The molecule has 0 bridgehead atoms. The number of morpholine rings is 1. The monoisotopic (exact) mass is 318 g/mol. The molecule has 0 unspecified atom stereocenters. The molecule has 1 atom stereocenters. The van der Waals surface area contributed by atoms with E-state index in [0.29, 0.717) is 24.0 Å². The average Bonchev–Trinajstić information content (AvgIpc) is 3.18. The van der Waals surface area contributed by atoms with Gasteiger partial charge in [0.05, 0.1) is 19.3 Å². The van der Waals surface area contributed by atoms with E-state index in [1.165, 1.54) is 4.88 Å². The lowest BCUT2D eigenvalue weighted by molar-refractivity contribution is 0.0193. The summed E-state index contributed by atoms with van der Waals surface area (Å²) in [6, 6.07) is 6.50. The second kappa shape index (κ2) is 6.92. The minimum Gasteiger partial charge on any atom is -0.424 e. The van der Waals surface area contributed by atoms with Crippen molar-refractivity contribution < 1.29 is 9.15 Å². The zero-order valence-electron chi connectivity index (χ0n) is 12.4. The number of aryl methyl sites for hydroxylation is 1. The molecule has 0 spiro atoms. The van der Waals surface area contributed by atoms with E-state index in [1.54, 1.807) is 18.3 Å². The van der Waals surface area contributed by atoms with Crippen LogP contribution in [0.5, 0.6) is 0 Å². The van der Waals surface area contributed by atoms with Gasteiger partial charge in [0, 0.05) is 31.4 Å². The fourth-order valence-corrected chi connectivity index (χ4v) is 3.45. The van der Waals surface area contributed by atoms with Gasteiger partial charge < -0.3 is 14.5 Å². The van der Waals surface area contributed by atoms with Crippen molar-refractivity contribution in [2.75, 3.05) is 38.2 Å². The van der Waals surface area contributed by atoms with Crippen LogP contribution in [0.15, 0.2) is 21.9 Å². The van der Waals surface area contributed by atoms with Gasteiger partial charge in [-0.3, -0.25) is 4.90 Å². The Kier molecular flexibility index (Phi) is 4.73. The van der Waals surface area contributed by atoms with E-state index in [2.05, 4.69) is 38.8 Å². The molecule has 1 N–H and O–H groups in total. The number of nitriles is 1. The minimum atomic E-state index is 0.237. The van der Waals surface area contributed by atoms with Gasteiger partial charge in [0.25, 0.3) is 0 Å². The fourth-order valence-electron chi connectivity index (χ4n) is 2.59. The van der Waals surface area contributed by atoms with Crippen molar-refractivity contribution in [1.82, 2.24) is 9.88 Å². The molecule has 6 nitrogen and oxygen atoms in total. The summed E-state index contributed by atoms with van der Waals surface area (Å²) in [5.74, 6) is 0.952. The number of hydrogen-bond acceptors (Lipinski definition) is 7. The number of nitrogens with one attached hydrogen (secondary N) is 1. The Morgan fingerprint density at radius 1 is 1.50 bits per heavy atom. The smallest absolute Gasteiger partial charge is 0.232 e. The number of nitrogens with zero attached hydrogens (tertiary/aromatic N) is 3. The molecule has 0 amide bonds. The largest absolute Gasteiger partial charge is 0.424 e. The molecule has 2 aromatic rings. The summed E-state index contributed by atoms with van der Waals surface area (Å²) in [5.41, 5.74) is 0.310. The molecule has 1 saturated heterocycles. The second-order valence-corrected chi connectivity index (χ2v) is 6.06. The second-order valence-electron chi connectivity index (χ2n) is 5.08. The highest BCUT2D eigenvalue weighted by atomic mass is 32.1. The molecule has 1 aliphatic rings. The molecule has 3 rings (SSSR count). The number of hydrogen-bond donors (Lipinski definition) is 1. The number of rotatable bonds is 5. The van der Waals surface area contributed by atoms with Crippen LogP contribution in [0.1, 0.15) is 22.5 Å². The van der Waals surface area contributed by atoms with Crippen molar-refractivity contribution in [2.45, 2.75) is 13.0 Å². The Morgan fingerprint density at radius 2 is 2.32 bits per heavy atom. The van der Waals surface area contributed by atoms with Crippen LogP contribution >= 0.6 is 11.3 Å². The lowest BCUT2D eigenvalue weighted by atomic mass is 10.2. The molecule has 0 aliphatic carbocycles. The summed E-state index contributed by atoms with van der Waals surface area (Å²) in [5, 5.41) is 14.4. The van der Waals surface area contributed by atoms with E-state index in [9.17, 15) is 0 Å². The van der Waals surface area contributed by atoms with Gasteiger partial charge in [0.2, 0.25) is 11.6 Å².